The van der Waals surface area contributed by atoms with Crippen molar-refractivity contribution in [2.75, 3.05) is 7.11 Å². The average Bonchev–Trinajstić information content (AvgIpc) is 1.85. The largest absolute Gasteiger partial charge is 0.482 e. The van der Waals surface area contributed by atoms with E-state index in [0.717, 1.165) is 5.57 Å². The number of nitrogens with two attached hydrogens (primary N) is 2. The maximum absolute atomic E-state index is 5.40. The van der Waals surface area contributed by atoms with Gasteiger partial charge >= 0.3 is 0 Å². The highest BCUT2D eigenvalue weighted by Crippen LogP contribution is 2.05. The third-order valence-corrected chi connectivity index (χ3v) is 1.19. The van der Waals surface area contributed by atoms with Gasteiger partial charge in [0, 0.05) is 5.57 Å². The van der Waals surface area contributed by atoms with E-state index in [1.807, 2.05) is 6.92 Å². The van der Waals surface area contributed by atoms with Gasteiger partial charge in [-0.15, -0.1) is 0 Å². The van der Waals surface area contributed by atoms with E-state index in [2.05, 4.69) is 15.9 Å². The molecular weight excluding hydrogens is 196 g/mol. The van der Waals surface area contributed by atoms with E-state index in [0.29, 0.717) is 10.5 Å². The maximum atomic E-state index is 5.40. The molecule has 0 unspecified atom stereocenters. The van der Waals surface area contributed by atoms with Crippen molar-refractivity contribution in [3.8, 4) is 0 Å². The Morgan fingerprint density at radius 1 is 1.50 bits per heavy atom. The SMILES string of the molecule is CO/C(N)=C(C)/C=C(\N)Br. The molecule has 0 atom stereocenters. The van der Waals surface area contributed by atoms with E-state index in [1.165, 1.54) is 7.11 Å². The number of methoxy groups -OCH3 is 1. The van der Waals surface area contributed by atoms with E-state index in [1.54, 1.807) is 6.08 Å². The first kappa shape index (κ1) is 9.36. The predicted molar refractivity (Wildman–Crippen MR) is 45.1 cm³/mol. The van der Waals surface area contributed by atoms with Crippen LogP contribution in [0.5, 0.6) is 0 Å². The average molecular weight is 207 g/mol. The lowest BCUT2D eigenvalue weighted by Crippen LogP contribution is -2.02. The molecule has 0 aliphatic heterocycles. The Morgan fingerprint density at radius 3 is 2.30 bits per heavy atom. The van der Waals surface area contributed by atoms with Crippen LogP contribution in [-0.4, -0.2) is 7.11 Å². The first-order chi connectivity index (χ1) is 4.57. The fraction of sp³-hybridized carbons (Fsp3) is 0.333. The lowest BCUT2D eigenvalue weighted by atomic mass is 10.3. The molecule has 0 saturated carbocycles. The summed E-state index contributed by atoms with van der Waals surface area (Å²) < 4.78 is 5.28. The Labute approximate surface area is 68.8 Å². The zero-order chi connectivity index (χ0) is 8.15. The van der Waals surface area contributed by atoms with Crippen LogP contribution in [0.25, 0.3) is 0 Å². The Balaban J connectivity index is 4.33. The zero-order valence-corrected chi connectivity index (χ0v) is 7.60. The van der Waals surface area contributed by atoms with Gasteiger partial charge in [-0.2, -0.15) is 0 Å². The van der Waals surface area contributed by atoms with Crippen LogP contribution in [0.2, 0.25) is 0 Å². The summed E-state index contributed by atoms with van der Waals surface area (Å²) in [6, 6.07) is 0. The summed E-state index contributed by atoms with van der Waals surface area (Å²) in [5.74, 6) is 0.377. The number of rotatable bonds is 2. The molecule has 0 heterocycles. The smallest absolute Gasteiger partial charge is 0.186 e. The molecule has 0 fully saturated rings. The molecule has 4 heteroatoms. The fourth-order valence-electron chi connectivity index (χ4n) is 0.439. The Hall–Kier alpha value is -0.640. The fourth-order valence-corrected chi connectivity index (χ4v) is 0.782. The predicted octanol–water partition coefficient (Wildman–Crippen LogP) is 1.02. The molecule has 0 aromatic rings. The third kappa shape index (κ3) is 3.40. The summed E-state index contributed by atoms with van der Waals surface area (Å²) in [6.45, 7) is 1.81. The molecule has 0 aromatic heterocycles. The van der Waals surface area contributed by atoms with E-state index < -0.39 is 0 Å². The van der Waals surface area contributed by atoms with Crippen molar-refractivity contribution in [2.45, 2.75) is 6.92 Å². The highest BCUT2D eigenvalue weighted by atomic mass is 79.9. The van der Waals surface area contributed by atoms with Gasteiger partial charge in [-0.25, -0.2) is 0 Å². The van der Waals surface area contributed by atoms with E-state index in [-0.39, 0.29) is 0 Å². The second-order valence-corrected chi connectivity index (χ2v) is 2.70. The molecule has 58 valence electrons. The molecule has 0 radical (unpaired) electrons. The molecule has 0 aliphatic carbocycles. The summed E-state index contributed by atoms with van der Waals surface area (Å²) >= 11 is 3.07. The molecule has 0 spiro atoms. The lowest BCUT2D eigenvalue weighted by molar-refractivity contribution is 0.284. The van der Waals surface area contributed by atoms with Crippen molar-refractivity contribution >= 4 is 15.9 Å². The van der Waals surface area contributed by atoms with Gasteiger partial charge in [0.1, 0.15) is 0 Å². The minimum absolute atomic E-state index is 0.377. The van der Waals surface area contributed by atoms with Crippen LogP contribution in [0.15, 0.2) is 22.1 Å². The topological polar surface area (TPSA) is 61.3 Å². The normalized spacial score (nSPS) is 14.5. The minimum atomic E-state index is 0.377. The van der Waals surface area contributed by atoms with Gasteiger partial charge < -0.3 is 16.2 Å². The van der Waals surface area contributed by atoms with Crippen LogP contribution in [-0.2, 0) is 4.74 Å². The van der Waals surface area contributed by atoms with Gasteiger partial charge in [0.15, 0.2) is 5.88 Å². The first-order valence-electron chi connectivity index (χ1n) is 2.71. The number of hydrogen-bond acceptors (Lipinski definition) is 3. The van der Waals surface area contributed by atoms with Crippen LogP contribution < -0.4 is 11.5 Å². The van der Waals surface area contributed by atoms with Gasteiger partial charge in [-0.3, -0.25) is 0 Å². The third-order valence-electron chi connectivity index (χ3n) is 0.963. The summed E-state index contributed by atoms with van der Waals surface area (Å²) in [4.78, 5) is 0. The first-order valence-corrected chi connectivity index (χ1v) is 3.50. The van der Waals surface area contributed by atoms with E-state index in [4.69, 9.17) is 16.2 Å². The van der Waals surface area contributed by atoms with E-state index >= 15 is 0 Å². The van der Waals surface area contributed by atoms with Gasteiger partial charge in [0.2, 0.25) is 0 Å². The maximum Gasteiger partial charge on any atom is 0.186 e. The van der Waals surface area contributed by atoms with Crippen LogP contribution in [0, 0.1) is 0 Å². The number of allylic oxidation sites excluding steroid dienone is 2. The molecule has 0 saturated heterocycles. The Kier molecular flexibility index (Phi) is 3.95. The number of halogens is 1. The molecule has 0 bridgehead atoms. The Morgan fingerprint density at radius 2 is 2.00 bits per heavy atom. The molecule has 0 aliphatic rings. The van der Waals surface area contributed by atoms with E-state index in [9.17, 15) is 0 Å². The van der Waals surface area contributed by atoms with Crippen LogP contribution in [0.3, 0.4) is 0 Å². The summed E-state index contributed by atoms with van der Waals surface area (Å²) in [5, 5.41) is 0. The van der Waals surface area contributed by atoms with Crippen molar-refractivity contribution < 1.29 is 4.74 Å². The Bertz CT molecular complexity index is 171. The second-order valence-electron chi connectivity index (χ2n) is 1.78. The summed E-state index contributed by atoms with van der Waals surface area (Å²) in [5.41, 5.74) is 11.5. The molecule has 10 heavy (non-hydrogen) atoms. The number of ether oxygens (including phenoxy) is 1. The number of hydrogen-bond donors (Lipinski definition) is 2. The van der Waals surface area contributed by atoms with Crippen molar-refractivity contribution in [3.05, 3.63) is 22.1 Å². The van der Waals surface area contributed by atoms with Crippen molar-refractivity contribution in [1.82, 2.24) is 0 Å². The highest BCUT2D eigenvalue weighted by molar-refractivity contribution is 9.11. The van der Waals surface area contributed by atoms with Gasteiger partial charge in [-0.05, 0) is 28.9 Å². The standard InChI is InChI=1S/C6H11BrN2O/c1-4(3-5(7)8)6(9)10-2/h3H,8-9H2,1-2H3/b5-3-,6-4+. The van der Waals surface area contributed by atoms with Crippen molar-refractivity contribution in [2.24, 2.45) is 11.5 Å². The highest BCUT2D eigenvalue weighted by Gasteiger charge is 1.92. The molecule has 4 N–H and O–H groups in total. The van der Waals surface area contributed by atoms with Crippen LogP contribution in [0.1, 0.15) is 6.92 Å². The van der Waals surface area contributed by atoms with Crippen molar-refractivity contribution in [3.63, 3.8) is 0 Å². The van der Waals surface area contributed by atoms with Crippen LogP contribution in [0.4, 0.5) is 0 Å². The quantitative estimate of drug-likeness (QED) is 0.403. The van der Waals surface area contributed by atoms with Crippen LogP contribution >= 0.6 is 15.9 Å². The molecule has 0 aromatic carbocycles. The zero-order valence-electron chi connectivity index (χ0n) is 6.02. The van der Waals surface area contributed by atoms with Crippen molar-refractivity contribution in [1.29, 1.82) is 0 Å². The minimum Gasteiger partial charge on any atom is -0.482 e. The monoisotopic (exact) mass is 206 g/mol. The summed E-state index contributed by atoms with van der Waals surface area (Å²) in [7, 11) is 1.51. The molecule has 0 rings (SSSR count). The lowest BCUT2D eigenvalue weighted by Gasteiger charge is -2.00. The second kappa shape index (κ2) is 4.22. The molecule has 3 nitrogen and oxygen atoms in total. The molecule has 0 amide bonds. The van der Waals surface area contributed by atoms with Gasteiger partial charge in [0.05, 0.1) is 11.7 Å². The van der Waals surface area contributed by atoms with Gasteiger partial charge in [-0.1, -0.05) is 0 Å². The summed E-state index contributed by atoms with van der Waals surface area (Å²) in [6.07, 6.45) is 1.68. The van der Waals surface area contributed by atoms with Gasteiger partial charge in [0.25, 0.3) is 0 Å². The molecular formula is C6H11BrN2O.